The zero-order valence-electron chi connectivity index (χ0n) is 12.6. The first kappa shape index (κ1) is 15.3. The molecule has 0 aliphatic carbocycles. The zero-order chi connectivity index (χ0) is 15.8. The minimum Gasteiger partial charge on any atom is -0.451 e. The van der Waals surface area contributed by atoms with Crippen molar-refractivity contribution in [2.24, 2.45) is 0 Å². The van der Waals surface area contributed by atoms with Gasteiger partial charge in [0.25, 0.3) is 0 Å². The number of ether oxygens (including phenoxy) is 1. The van der Waals surface area contributed by atoms with E-state index in [0.29, 0.717) is 5.75 Å². The van der Waals surface area contributed by atoms with E-state index in [1.165, 1.54) is 0 Å². The Morgan fingerprint density at radius 3 is 2.05 bits per heavy atom. The van der Waals surface area contributed by atoms with Crippen molar-refractivity contribution in [3.8, 4) is 11.5 Å². The molecule has 0 aliphatic heterocycles. The second-order valence-electron chi connectivity index (χ2n) is 6.15. The summed E-state index contributed by atoms with van der Waals surface area (Å²) in [6.45, 7) is 8.14. The van der Waals surface area contributed by atoms with Gasteiger partial charge in [-0.2, -0.15) is 0 Å². The third-order valence-corrected chi connectivity index (χ3v) is 3.27. The number of hydrogen-bond donors (Lipinski definition) is 1. The first-order valence-electron chi connectivity index (χ1n) is 6.72. The van der Waals surface area contributed by atoms with Crippen LogP contribution in [0, 0.1) is 18.6 Å². The maximum atomic E-state index is 13.8. The number of hydrogen-bond acceptors (Lipinski definition) is 2. The normalized spacial score (nSPS) is 11.5. The highest BCUT2D eigenvalue weighted by molar-refractivity contribution is 5.47. The molecule has 21 heavy (non-hydrogen) atoms. The lowest BCUT2D eigenvalue weighted by atomic mass is 9.86. The molecule has 0 bridgehead atoms. The van der Waals surface area contributed by atoms with Crippen molar-refractivity contribution in [1.82, 2.24) is 0 Å². The standard InChI is InChI=1S/C17H19F2NO/c1-10-7-11(17(2,3)4)5-6-15(10)21-16-13(18)8-12(20)9-14(16)19/h5-9H,20H2,1-4H3. The van der Waals surface area contributed by atoms with Crippen LogP contribution in [0.4, 0.5) is 14.5 Å². The van der Waals surface area contributed by atoms with Crippen molar-refractivity contribution < 1.29 is 13.5 Å². The maximum Gasteiger partial charge on any atom is 0.198 e. The van der Waals surface area contributed by atoms with E-state index >= 15 is 0 Å². The first-order valence-corrected chi connectivity index (χ1v) is 6.72. The maximum absolute atomic E-state index is 13.8. The molecule has 112 valence electrons. The molecule has 0 amide bonds. The number of nitrogen functional groups attached to an aromatic ring is 1. The molecule has 0 radical (unpaired) electrons. The molecule has 2 N–H and O–H groups in total. The molecule has 0 aliphatic rings. The Hall–Kier alpha value is -2.10. The summed E-state index contributed by atoms with van der Waals surface area (Å²) in [6.07, 6.45) is 0. The van der Waals surface area contributed by atoms with Crippen LogP contribution in [0.15, 0.2) is 30.3 Å². The largest absolute Gasteiger partial charge is 0.451 e. The summed E-state index contributed by atoms with van der Waals surface area (Å²) in [5.74, 6) is -1.64. The van der Waals surface area contributed by atoms with Gasteiger partial charge in [-0.05, 0) is 29.5 Å². The lowest BCUT2D eigenvalue weighted by Gasteiger charge is -2.20. The van der Waals surface area contributed by atoms with Crippen LogP contribution in [0.25, 0.3) is 0 Å². The SMILES string of the molecule is Cc1cc(C(C)(C)C)ccc1Oc1c(F)cc(N)cc1F. The lowest BCUT2D eigenvalue weighted by molar-refractivity contribution is 0.405. The van der Waals surface area contributed by atoms with Gasteiger partial charge in [0.1, 0.15) is 5.75 Å². The predicted octanol–water partition coefficient (Wildman–Crippen LogP) is 4.95. The number of rotatable bonds is 2. The topological polar surface area (TPSA) is 35.2 Å². The minimum absolute atomic E-state index is 0.000980. The fourth-order valence-corrected chi connectivity index (χ4v) is 2.02. The van der Waals surface area contributed by atoms with Gasteiger partial charge in [-0.1, -0.05) is 32.9 Å². The van der Waals surface area contributed by atoms with Crippen molar-refractivity contribution in [2.75, 3.05) is 5.73 Å². The third-order valence-electron chi connectivity index (χ3n) is 3.27. The predicted molar refractivity (Wildman–Crippen MR) is 80.7 cm³/mol. The van der Waals surface area contributed by atoms with E-state index in [0.717, 1.165) is 23.3 Å². The van der Waals surface area contributed by atoms with Gasteiger partial charge in [0.05, 0.1) is 0 Å². The Morgan fingerprint density at radius 2 is 1.57 bits per heavy atom. The summed E-state index contributed by atoms with van der Waals surface area (Å²) in [4.78, 5) is 0. The van der Waals surface area contributed by atoms with Crippen LogP contribution in [0.1, 0.15) is 31.9 Å². The Labute approximate surface area is 123 Å². The van der Waals surface area contributed by atoms with E-state index in [1.807, 2.05) is 19.1 Å². The summed E-state index contributed by atoms with van der Waals surface area (Å²) < 4.78 is 32.9. The molecule has 0 spiro atoms. The van der Waals surface area contributed by atoms with E-state index in [1.54, 1.807) is 6.07 Å². The molecule has 0 atom stereocenters. The van der Waals surface area contributed by atoms with Crippen molar-refractivity contribution in [1.29, 1.82) is 0 Å². The third kappa shape index (κ3) is 3.32. The molecule has 0 fully saturated rings. The first-order chi connectivity index (χ1) is 9.68. The molecule has 0 unspecified atom stereocenters. The number of aryl methyl sites for hydroxylation is 1. The highest BCUT2D eigenvalue weighted by Crippen LogP contribution is 2.33. The number of halogens is 2. The van der Waals surface area contributed by atoms with E-state index in [2.05, 4.69) is 20.8 Å². The van der Waals surface area contributed by atoms with Gasteiger partial charge >= 0.3 is 0 Å². The van der Waals surface area contributed by atoms with Crippen LogP contribution >= 0.6 is 0 Å². The Morgan fingerprint density at radius 1 is 1.00 bits per heavy atom. The van der Waals surface area contributed by atoms with Crippen LogP contribution < -0.4 is 10.5 Å². The smallest absolute Gasteiger partial charge is 0.198 e. The molecule has 2 rings (SSSR count). The second-order valence-corrected chi connectivity index (χ2v) is 6.15. The van der Waals surface area contributed by atoms with Crippen molar-refractivity contribution in [2.45, 2.75) is 33.1 Å². The summed E-state index contributed by atoms with van der Waals surface area (Å²) in [5.41, 5.74) is 7.36. The van der Waals surface area contributed by atoms with Gasteiger partial charge in [-0.3, -0.25) is 0 Å². The highest BCUT2D eigenvalue weighted by atomic mass is 19.1. The van der Waals surface area contributed by atoms with E-state index in [-0.39, 0.29) is 11.1 Å². The molecule has 2 nitrogen and oxygen atoms in total. The average molecular weight is 291 g/mol. The fraction of sp³-hybridized carbons (Fsp3) is 0.294. The molecule has 0 saturated heterocycles. The molecule has 0 heterocycles. The van der Waals surface area contributed by atoms with Crippen molar-refractivity contribution >= 4 is 5.69 Å². The molecule has 4 heteroatoms. The zero-order valence-corrected chi connectivity index (χ0v) is 12.6. The second kappa shape index (κ2) is 5.35. The van der Waals surface area contributed by atoms with Gasteiger partial charge in [-0.25, -0.2) is 8.78 Å². The van der Waals surface area contributed by atoms with Crippen LogP contribution in [-0.4, -0.2) is 0 Å². The fourth-order valence-electron chi connectivity index (χ4n) is 2.02. The van der Waals surface area contributed by atoms with Gasteiger partial charge in [0.2, 0.25) is 0 Å². The Kier molecular flexibility index (Phi) is 3.90. The van der Waals surface area contributed by atoms with Crippen molar-refractivity contribution in [3.63, 3.8) is 0 Å². The van der Waals surface area contributed by atoms with Gasteiger partial charge in [-0.15, -0.1) is 0 Å². The number of benzene rings is 2. The number of anilines is 1. The monoisotopic (exact) mass is 291 g/mol. The minimum atomic E-state index is -0.813. The molecular weight excluding hydrogens is 272 g/mol. The quantitative estimate of drug-likeness (QED) is 0.795. The molecular formula is C17H19F2NO. The summed E-state index contributed by atoms with van der Waals surface area (Å²) in [6, 6.07) is 7.66. The van der Waals surface area contributed by atoms with Crippen LogP contribution in [0.5, 0.6) is 11.5 Å². The van der Waals surface area contributed by atoms with E-state index in [4.69, 9.17) is 10.5 Å². The molecule has 2 aromatic rings. The van der Waals surface area contributed by atoms with E-state index in [9.17, 15) is 8.78 Å². The lowest BCUT2D eigenvalue weighted by Crippen LogP contribution is -2.11. The molecule has 2 aromatic carbocycles. The summed E-state index contributed by atoms with van der Waals surface area (Å²) in [5, 5.41) is 0. The number of nitrogens with two attached hydrogens (primary N) is 1. The Bertz CT molecular complexity index is 652. The Balaban J connectivity index is 2.37. The van der Waals surface area contributed by atoms with Gasteiger partial charge in [0, 0.05) is 17.8 Å². The van der Waals surface area contributed by atoms with Crippen molar-refractivity contribution in [3.05, 3.63) is 53.1 Å². The van der Waals surface area contributed by atoms with Gasteiger partial charge < -0.3 is 10.5 Å². The summed E-state index contributed by atoms with van der Waals surface area (Å²) >= 11 is 0. The average Bonchev–Trinajstić information content (AvgIpc) is 2.33. The van der Waals surface area contributed by atoms with E-state index < -0.39 is 17.4 Å². The van der Waals surface area contributed by atoms with Gasteiger partial charge in [0.15, 0.2) is 17.4 Å². The van der Waals surface area contributed by atoms with Crippen LogP contribution in [0.2, 0.25) is 0 Å². The highest BCUT2D eigenvalue weighted by Gasteiger charge is 2.17. The molecule has 0 aromatic heterocycles. The summed E-state index contributed by atoms with van der Waals surface area (Å²) in [7, 11) is 0. The van der Waals surface area contributed by atoms with Crippen LogP contribution in [-0.2, 0) is 5.41 Å². The van der Waals surface area contributed by atoms with Crippen LogP contribution in [0.3, 0.4) is 0 Å². The molecule has 0 saturated carbocycles.